The van der Waals surface area contributed by atoms with Gasteiger partial charge in [0.1, 0.15) is 5.82 Å². The van der Waals surface area contributed by atoms with E-state index >= 15 is 0 Å². The van der Waals surface area contributed by atoms with Crippen molar-refractivity contribution in [1.29, 1.82) is 0 Å². The lowest BCUT2D eigenvalue weighted by molar-refractivity contribution is 0.112. The Morgan fingerprint density at radius 2 is 1.89 bits per heavy atom. The average Bonchev–Trinajstić information content (AvgIpc) is 2.87. The smallest absolute Gasteiger partial charge is 0.231 e. The maximum Gasteiger partial charge on any atom is 0.231 e. The van der Waals surface area contributed by atoms with Crippen LogP contribution in [0, 0.1) is 5.82 Å². The Morgan fingerprint density at radius 1 is 1.16 bits per heavy atom. The van der Waals surface area contributed by atoms with Gasteiger partial charge in [-0.1, -0.05) is 23.7 Å². The molecule has 0 radical (unpaired) electrons. The molecular weight excluding hydrogens is 271 g/mol. The molecular formula is C14H8ClFO3. The van der Waals surface area contributed by atoms with Crippen LogP contribution in [-0.4, -0.2) is 13.1 Å². The van der Waals surface area contributed by atoms with Crippen LogP contribution in [-0.2, 0) is 0 Å². The molecule has 2 aromatic rings. The second-order valence-electron chi connectivity index (χ2n) is 4.01. The first kappa shape index (κ1) is 12.0. The van der Waals surface area contributed by atoms with Crippen LogP contribution in [0.5, 0.6) is 11.5 Å². The fourth-order valence-electron chi connectivity index (χ4n) is 2.00. The van der Waals surface area contributed by atoms with Gasteiger partial charge in [-0.3, -0.25) is 4.79 Å². The Labute approximate surface area is 113 Å². The van der Waals surface area contributed by atoms with Gasteiger partial charge in [0, 0.05) is 11.1 Å². The molecule has 5 heteroatoms. The number of hydrogen-bond acceptors (Lipinski definition) is 3. The highest BCUT2D eigenvalue weighted by molar-refractivity contribution is 6.31. The molecule has 0 atom stereocenters. The van der Waals surface area contributed by atoms with Crippen molar-refractivity contribution >= 4 is 17.9 Å². The first-order chi connectivity index (χ1) is 9.20. The quantitative estimate of drug-likeness (QED) is 0.786. The lowest BCUT2D eigenvalue weighted by atomic mass is 9.99. The third-order valence-electron chi connectivity index (χ3n) is 2.91. The van der Waals surface area contributed by atoms with E-state index in [4.69, 9.17) is 21.1 Å². The van der Waals surface area contributed by atoms with E-state index in [0.29, 0.717) is 28.9 Å². The third kappa shape index (κ3) is 1.94. The molecule has 0 N–H and O–H groups in total. The van der Waals surface area contributed by atoms with E-state index in [9.17, 15) is 9.18 Å². The minimum Gasteiger partial charge on any atom is -0.454 e. The number of ether oxygens (including phenoxy) is 2. The molecule has 96 valence electrons. The van der Waals surface area contributed by atoms with Gasteiger partial charge in [-0.15, -0.1) is 0 Å². The van der Waals surface area contributed by atoms with E-state index in [2.05, 4.69) is 0 Å². The normalized spacial score (nSPS) is 12.5. The molecule has 3 rings (SSSR count). The molecule has 0 amide bonds. The summed E-state index contributed by atoms with van der Waals surface area (Å²) in [5.74, 6) is 0.402. The zero-order chi connectivity index (χ0) is 13.4. The van der Waals surface area contributed by atoms with Gasteiger partial charge in [0.2, 0.25) is 6.79 Å². The predicted molar refractivity (Wildman–Crippen MR) is 68.4 cm³/mol. The van der Waals surface area contributed by atoms with Gasteiger partial charge < -0.3 is 9.47 Å². The largest absolute Gasteiger partial charge is 0.454 e. The highest BCUT2D eigenvalue weighted by Gasteiger charge is 2.20. The Kier molecular flexibility index (Phi) is 2.87. The average molecular weight is 279 g/mol. The van der Waals surface area contributed by atoms with Crippen molar-refractivity contribution in [1.82, 2.24) is 0 Å². The molecule has 1 aliphatic rings. The molecule has 1 heterocycles. The Balaban J connectivity index is 2.24. The van der Waals surface area contributed by atoms with Crippen LogP contribution in [0.1, 0.15) is 10.4 Å². The number of fused-ring (bicyclic) bond motifs is 1. The number of rotatable bonds is 2. The van der Waals surface area contributed by atoms with Gasteiger partial charge >= 0.3 is 0 Å². The van der Waals surface area contributed by atoms with Crippen molar-refractivity contribution in [2.24, 2.45) is 0 Å². The fourth-order valence-corrected chi connectivity index (χ4v) is 2.17. The molecule has 0 fully saturated rings. The molecule has 0 spiro atoms. The van der Waals surface area contributed by atoms with Gasteiger partial charge in [0.05, 0.1) is 5.02 Å². The summed E-state index contributed by atoms with van der Waals surface area (Å²) >= 11 is 5.76. The summed E-state index contributed by atoms with van der Waals surface area (Å²) in [5.41, 5.74) is 1.01. The zero-order valence-electron chi connectivity index (χ0n) is 9.65. The summed E-state index contributed by atoms with van der Waals surface area (Å²) < 4.78 is 24.5. The van der Waals surface area contributed by atoms with Crippen LogP contribution < -0.4 is 9.47 Å². The predicted octanol–water partition coefficient (Wildman–Crippen LogP) is 3.69. The van der Waals surface area contributed by atoms with E-state index in [1.165, 1.54) is 12.1 Å². The van der Waals surface area contributed by atoms with Crippen LogP contribution in [0.25, 0.3) is 11.1 Å². The summed E-state index contributed by atoms with van der Waals surface area (Å²) in [5, 5.41) is 0.00650. The molecule has 0 saturated carbocycles. The van der Waals surface area contributed by atoms with Gasteiger partial charge in [-0.2, -0.15) is 0 Å². The van der Waals surface area contributed by atoms with Crippen molar-refractivity contribution in [3.05, 3.63) is 46.7 Å². The maximum absolute atomic E-state index is 14.0. The van der Waals surface area contributed by atoms with Gasteiger partial charge in [0.15, 0.2) is 17.8 Å². The van der Waals surface area contributed by atoms with Crippen LogP contribution in [0.3, 0.4) is 0 Å². The molecule has 0 saturated heterocycles. The lowest BCUT2D eigenvalue weighted by Gasteiger charge is -2.09. The van der Waals surface area contributed by atoms with Crippen molar-refractivity contribution in [3.63, 3.8) is 0 Å². The minimum atomic E-state index is -0.564. The molecule has 2 aromatic carbocycles. The number of aldehydes is 1. The van der Waals surface area contributed by atoms with E-state index in [1.807, 2.05) is 0 Å². The van der Waals surface area contributed by atoms with Crippen molar-refractivity contribution in [2.45, 2.75) is 0 Å². The van der Waals surface area contributed by atoms with Crippen LogP contribution in [0.2, 0.25) is 5.02 Å². The monoisotopic (exact) mass is 278 g/mol. The second-order valence-corrected chi connectivity index (χ2v) is 4.42. The Morgan fingerprint density at radius 3 is 2.63 bits per heavy atom. The SMILES string of the molecule is O=Cc1cc2c(cc1-c1cccc(Cl)c1F)OCO2. The van der Waals surface area contributed by atoms with Crippen LogP contribution >= 0.6 is 11.6 Å². The highest BCUT2D eigenvalue weighted by atomic mass is 35.5. The number of halogens is 2. The molecule has 0 bridgehead atoms. The number of hydrogen-bond donors (Lipinski definition) is 0. The van der Waals surface area contributed by atoms with E-state index in [0.717, 1.165) is 0 Å². The first-order valence-corrected chi connectivity index (χ1v) is 5.91. The van der Waals surface area contributed by atoms with E-state index in [1.54, 1.807) is 18.2 Å². The summed E-state index contributed by atoms with van der Waals surface area (Å²) in [7, 11) is 0. The summed E-state index contributed by atoms with van der Waals surface area (Å²) in [4.78, 5) is 11.1. The summed E-state index contributed by atoms with van der Waals surface area (Å²) in [6, 6.07) is 7.76. The topological polar surface area (TPSA) is 35.5 Å². The molecule has 3 nitrogen and oxygen atoms in total. The summed E-state index contributed by atoms with van der Waals surface area (Å²) in [6.45, 7) is 0.0924. The standard InChI is InChI=1S/C14H8ClFO3/c15-11-3-1-2-9(14(11)16)10-5-13-12(18-7-19-13)4-8(10)6-17/h1-6H,7H2. The minimum absolute atomic E-state index is 0.00650. The fraction of sp³-hybridized carbons (Fsp3) is 0.0714. The molecule has 0 aromatic heterocycles. The Bertz CT molecular complexity index is 670. The molecule has 0 aliphatic carbocycles. The van der Waals surface area contributed by atoms with Crippen molar-refractivity contribution in [2.75, 3.05) is 6.79 Å². The molecule has 0 unspecified atom stereocenters. The number of carbonyl (C=O) groups excluding carboxylic acids is 1. The third-order valence-corrected chi connectivity index (χ3v) is 3.21. The maximum atomic E-state index is 14.0. The number of benzene rings is 2. The van der Waals surface area contributed by atoms with E-state index < -0.39 is 5.82 Å². The van der Waals surface area contributed by atoms with Crippen molar-refractivity contribution < 1.29 is 18.7 Å². The van der Waals surface area contributed by atoms with Gasteiger partial charge in [-0.05, 0) is 23.8 Å². The van der Waals surface area contributed by atoms with Gasteiger partial charge in [0.25, 0.3) is 0 Å². The van der Waals surface area contributed by atoms with E-state index in [-0.39, 0.29) is 17.4 Å². The molecule has 19 heavy (non-hydrogen) atoms. The summed E-state index contributed by atoms with van der Waals surface area (Å²) in [6.07, 6.45) is 0.650. The van der Waals surface area contributed by atoms with Crippen LogP contribution in [0.4, 0.5) is 4.39 Å². The first-order valence-electron chi connectivity index (χ1n) is 5.54. The lowest BCUT2D eigenvalue weighted by Crippen LogP contribution is -1.92. The zero-order valence-corrected chi connectivity index (χ0v) is 10.4. The van der Waals surface area contributed by atoms with Crippen molar-refractivity contribution in [3.8, 4) is 22.6 Å². The van der Waals surface area contributed by atoms with Gasteiger partial charge in [-0.25, -0.2) is 4.39 Å². The van der Waals surface area contributed by atoms with Crippen LogP contribution in [0.15, 0.2) is 30.3 Å². The molecule has 1 aliphatic heterocycles. The number of carbonyl (C=O) groups is 1. The highest BCUT2D eigenvalue weighted by Crippen LogP contribution is 2.39. The second kappa shape index (κ2) is 4.55. The Hall–Kier alpha value is -2.07.